The van der Waals surface area contributed by atoms with Crippen LogP contribution in [0.15, 0.2) is 17.3 Å². The number of aromatic nitrogens is 3. The second-order valence-electron chi connectivity index (χ2n) is 5.02. The molecule has 0 saturated carbocycles. The molecule has 7 N–H and O–H groups in total. The molecular weight excluding hydrogens is 294 g/mol. The maximum Gasteiger partial charge on any atom is 0.260 e. The molecule has 0 aromatic carbocycles. The van der Waals surface area contributed by atoms with Crippen LogP contribution in [-0.2, 0) is 4.74 Å². The van der Waals surface area contributed by atoms with Crippen LogP contribution in [-0.4, -0.2) is 60.6 Å². The van der Waals surface area contributed by atoms with Gasteiger partial charge in [-0.05, 0) is 0 Å². The van der Waals surface area contributed by atoms with Gasteiger partial charge in [-0.3, -0.25) is 10.2 Å². The number of fused-ring (bicyclic) bond motifs is 1. The first-order valence-corrected chi connectivity index (χ1v) is 6.50. The summed E-state index contributed by atoms with van der Waals surface area (Å²) >= 11 is 0. The molecule has 118 valence electrons. The Labute approximate surface area is 123 Å². The van der Waals surface area contributed by atoms with Gasteiger partial charge in [-0.1, -0.05) is 0 Å². The summed E-state index contributed by atoms with van der Waals surface area (Å²) in [5.74, 6) is -0.339. The third-order valence-electron chi connectivity index (χ3n) is 3.70. The van der Waals surface area contributed by atoms with E-state index in [2.05, 4.69) is 9.97 Å². The zero-order valence-corrected chi connectivity index (χ0v) is 11.3. The van der Waals surface area contributed by atoms with E-state index in [4.69, 9.17) is 21.0 Å². The maximum absolute atomic E-state index is 11.9. The van der Waals surface area contributed by atoms with Gasteiger partial charge in [0.1, 0.15) is 29.8 Å². The number of hydrogen-bond acceptors (Lipinski definition) is 7. The number of ether oxygens (including phenoxy) is 1. The van der Waals surface area contributed by atoms with Crippen LogP contribution in [0.1, 0.15) is 11.8 Å². The van der Waals surface area contributed by atoms with Gasteiger partial charge in [-0.25, -0.2) is 4.98 Å². The highest BCUT2D eigenvalue weighted by molar-refractivity contribution is 6.06. The van der Waals surface area contributed by atoms with Gasteiger partial charge < -0.3 is 35.3 Å². The molecule has 0 bridgehead atoms. The number of nitrogens with zero attached hydrogens (tertiary/aromatic N) is 2. The summed E-state index contributed by atoms with van der Waals surface area (Å²) in [6, 6.07) is 0. The standard InChI is InChI=1S/C12H15N5O5/c13-9(14)4-1-17(10-6(4)11(21)16-3-15-10)12-8(20)7(19)5(2-18)22-12/h1,3,5,7-8,12,18-20H,2H2,(H3,13,14)(H,15,16,21)/t5-,7+,8+,12+/m0/s1. The van der Waals surface area contributed by atoms with E-state index in [0.717, 1.165) is 0 Å². The molecule has 0 amide bonds. The zero-order chi connectivity index (χ0) is 16.0. The molecule has 0 unspecified atom stereocenters. The topological polar surface area (TPSA) is 170 Å². The molecule has 3 heterocycles. The first kappa shape index (κ1) is 14.7. The highest BCUT2D eigenvalue weighted by atomic mass is 16.6. The number of nitrogens with one attached hydrogen (secondary N) is 2. The van der Waals surface area contributed by atoms with Crippen molar-refractivity contribution in [1.29, 1.82) is 5.41 Å². The lowest BCUT2D eigenvalue weighted by Crippen LogP contribution is -2.33. The Kier molecular flexibility index (Phi) is 3.45. The van der Waals surface area contributed by atoms with Gasteiger partial charge in [0.2, 0.25) is 0 Å². The average molecular weight is 309 g/mol. The zero-order valence-electron chi connectivity index (χ0n) is 11.3. The smallest absolute Gasteiger partial charge is 0.260 e. The molecule has 0 radical (unpaired) electrons. The molecule has 4 atom stereocenters. The van der Waals surface area contributed by atoms with Crippen molar-refractivity contribution < 1.29 is 20.1 Å². The summed E-state index contributed by atoms with van der Waals surface area (Å²) in [7, 11) is 0. The summed E-state index contributed by atoms with van der Waals surface area (Å²) in [6.45, 7) is -0.471. The molecular formula is C12H15N5O5. The molecule has 10 heteroatoms. The van der Waals surface area contributed by atoms with Crippen LogP contribution in [0, 0.1) is 5.41 Å². The third kappa shape index (κ3) is 2.01. The van der Waals surface area contributed by atoms with Crippen molar-refractivity contribution in [3.8, 4) is 0 Å². The minimum absolute atomic E-state index is 0.0905. The van der Waals surface area contributed by atoms with Crippen molar-refractivity contribution >= 4 is 16.9 Å². The van der Waals surface area contributed by atoms with Gasteiger partial charge in [-0.2, -0.15) is 0 Å². The van der Waals surface area contributed by atoms with E-state index >= 15 is 0 Å². The number of H-pyrrole nitrogens is 1. The Morgan fingerprint density at radius 2 is 2.23 bits per heavy atom. The van der Waals surface area contributed by atoms with E-state index in [0.29, 0.717) is 0 Å². The fourth-order valence-electron chi connectivity index (χ4n) is 2.60. The van der Waals surface area contributed by atoms with E-state index < -0.39 is 36.7 Å². The van der Waals surface area contributed by atoms with Gasteiger partial charge in [0.05, 0.1) is 18.3 Å². The number of aliphatic hydroxyl groups is 3. The lowest BCUT2D eigenvalue weighted by molar-refractivity contribution is -0.0508. The van der Waals surface area contributed by atoms with Crippen LogP contribution >= 0.6 is 0 Å². The highest BCUT2D eigenvalue weighted by Gasteiger charge is 2.44. The fourth-order valence-corrected chi connectivity index (χ4v) is 2.60. The van der Waals surface area contributed by atoms with Gasteiger partial charge in [0.15, 0.2) is 6.23 Å². The van der Waals surface area contributed by atoms with Crippen molar-refractivity contribution in [2.45, 2.75) is 24.5 Å². The molecule has 2 aromatic heterocycles. The summed E-state index contributed by atoms with van der Waals surface area (Å²) in [5.41, 5.74) is 5.28. The predicted molar refractivity (Wildman–Crippen MR) is 74.4 cm³/mol. The SMILES string of the molecule is N=C(N)c1cn([C@@H]2O[C@@H](CO)[C@@H](O)[C@H]2O)c2nc[nH]c(=O)c12. The minimum Gasteiger partial charge on any atom is -0.394 e. The van der Waals surface area contributed by atoms with Gasteiger partial charge in [-0.15, -0.1) is 0 Å². The molecule has 10 nitrogen and oxygen atoms in total. The molecule has 3 rings (SSSR count). The number of aromatic amines is 1. The predicted octanol–water partition coefficient (Wildman–Crippen LogP) is -2.38. The Bertz CT molecular complexity index is 784. The number of amidine groups is 1. The molecule has 22 heavy (non-hydrogen) atoms. The van der Waals surface area contributed by atoms with Crippen LogP contribution < -0.4 is 11.3 Å². The summed E-state index contributed by atoms with van der Waals surface area (Å²) in [4.78, 5) is 18.4. The Balaban J connectivity index is 2.18. The number of nitrogens with two attached hydrogens (primary N) is 1. The van der Waals surface area contributed by atoms with Gasteiger partial charge >= 0.3 is 0 Å². The van der Waals surface area contributed by atoms with E-state index in [1.54, 1.807) is 0 Å². The Hall–Kier alpha value is -2.27. The van der Waals surface area contributed by atoms with Crippen molar-refractivity contribution in [2.75, 3.05) is 6.61 Å². The second-order valence-corrected chi connectivity index (χ2v) is 5.02. The number of aliphatic hydroxyl groups excluding tert-OH is 3. The molecule has 1 aliphatic rings. The first-order valence-electron chi connectivity index (χ1n) is 6.50. The molecule has 0 aliphatic carbocycles. The number of nitrogen functional groups attached to an aromatic ring is 1. The van der Waals surface area contributed by atoms with E-state index in [1.807, 2.05) is 0 Å². The second kappa shape index (κ2) is 5.18. The molecule has 1 saturated heterocycles. The Morgan fingerprint density at radius 3 is 2.82 bits per heavy atom. The summed E-state index contributed by atoms with van der Waals surface area (Å²) < 4.78 is 6.74. The first-order chi connectivity index (χ1) is 10.5. The van der Waals surface area contributed by atoms with E-state index in [-0.39, 0.29) is 22.4 Å². The lowest BCUT2D eigenvalue weighted by Gasteiger charge is -2.17. The lowest BCUT2D eigenvalue weighted by atomic mass is 10.1. The average Bonchev–Trinajstić information content (AvgIpc) is 3.00. The van der Waals surface area contributed by atoms with Crippen LogP contribution in [0.25, 0.3) is 11.0 Å². The molecule has 0 spiro atoms. The van der Waals surface area contributed by atoms with E-state index in [1.165, 1.54) is 17.1 Å². The largest absolute Gasteiger partial charge is 0.394 e. The van der Waals surface area contributed by atoms with E-state index in [9.17, 15) is 15.0 Å². The van der Waals surface area contributed by atoms with Gasteiger partial charge in [0, 0.05) is 11.8 Å². The molecule has 1 fully saturated rings. The van der Waals surface area contributed by atoms with Crippen LogP contribution in [0.4, 0.5) is 0 Å². The van der Waals surface area contributed by atoms with Crippen LogP contribution in [0.3, 0.4) is 0 Å². The van der Waals surface area contributed by atoms with Crippen LogP contribution in [0.2, 0.25) is 0 Å². The normalized spacial score (nSPS) is 28.3. The number of rotatable bonds is 3. The van der Waals surface area contributed by atoms with Gasteiger partial charge in [0.25, 0.3) is 5.56 Å². The van der Waals surface area contributed by atoms with Crippen molar-refractivity contribution in [3.63, 3.8) is 0 Å². The fraction of sp³-hybridized carbons (Fsp3) is 0.417. The summed E-state index contributed by atoms with van der Waals surface area (Å²) in [6.07, 6.45) is -2.09. The monoisotopic (exact) mass is 309 g/mol. The molecule has 2 aromatic rings. The Morgan fingerprint density at radius 1 is 1.50 bits per heavy atom. The van der Waals surface area contributed by atoms with Crippen molar-refractivity contribution in [2.24, 2.45) is 5.73 Å². The molecule has 1 aliphatic heterocycles. The minimum atomic E-state index is -1.33. The quantitative estimate of drug-likeness (QED) is 0.271. The number of hydrogen-bond donors (Lipinski definition) is 6. The highest BCUT2D eigenvalue weighted by Crippen LogP contribution is 2.32. The van der Waals surface area contributed by atoms with Crippen molar-refractivity contribution in [1.82, 2.24) is 14.5 Å². The summed E-state index contributed by atoms with van der Waals surface area (Å²) in [5, 5.41) is 36.7. The van der Waals surface area contributed by atoms with Crippen LogP contribution in [0.5, 0.6) is 0 Å². The third-order valence-corrected chi connectivity index (χ3v) is 3.70. The maximum atomic E-state index is 11.9. The van der Waals surface area contributed by atoms with Crippen molar-refractivity contribution in [3.05, 3.63) is 28.4 Å².